The molecule has 0 aliphatic rings. The molecule has 2 rings (SSSR count). The van der Waals surface area contributed by atoms with Gasteiger partial charge in [-0.25, -0.2) is 0 Å². The molecule has 0 spiro atoms. The molecule has 0 saturated carbocycles. The number of benzene rings is 2. The van der Waals surface area contributed by atoms with Crippen LogP contribution in [-0.4, -0.2) is 44.7 Å². The van der Waals surface area contributed by atoms with Crippen LogP contribution in [0.3, 0.4) is 0 Å². The predicted octanol–water partition coefficient (Wildman–Crippen LogP) is 2.66. The smallest absolute Gasteiger partial charge is 0.326 e. The highest BCUT2D eigenvalue weighted by molar-refractivity contribution is 6.31. The molecule has 0 fully saturated rings. The Bertz CT molecular complexity index is 885. The van der Waals surface area contributed by atoms with Gasteiger partial charge in [-0.05, 0) is 49.4 Å². The first kappa shape index (κ1) is 22.0. The third-order valence-electron chi connectivity index (χ3n) is 3.84. The fourth-order valence-electron chi connectivity index (χ4n) is 2.30. The molecule has 2 aromatic rings. The first-order valence-electron chi connectivity index (χ1n) is 8.60. The first-order valence-corrected chi connectivity index (χ1v) is 8.98. The third-order valence-corrected chi connectivity index (χ3v) is 4.08. The van der Waals surface area contributed by atoms with E-state index in [0.29, 0.717) is 27.8 Å². The standard InChI is InChI=1S/C20H21ClN2O6/c1-12(19(25)23-16-10-14(21)6-9-17(16)28-3)29-18(24)11-22-20(26)13-4-7-15(27-2)8-5-13/h4-10,12H,11H2,1-3H3,(H,22,26)(H,23,25)/t12-/m1/s1. The number of nitrogens with one attached hydrogen (secondary N) is 2. The van der Waals surface area contributed by atoms with Crippen LogP contribution in [0.2, 0.25) is 5.02 Å². The number of methoxy groups -OCH3 is 2. The second-order valence-corrected chi connectivity index (χ2v) is 6.31. The topological polar surface area (TPSA) is 103 Å². The van der Waals surface area contributed by atoms with Crippen LogP contribution < -0.4 is 20.1 Å². The van der Waals surface area contributed by atoms with Gasteiger partial charge in [-0.2, -0.15) is 0 Å². The summed E-state index contributed by atoms with van der Waals surface area (Å²) >= 11 is 5.92. The van der Waals surface area contributed by atoms with Gasteiger partial charge < -0.3 is 24.8 Å². The molecule has 0 heterocycles. The van der Waals surface area contributed by atoms with Crippen molar-refractivity contribution in [1.29, 1.82) is 0 Å². The lowest BCUT2D eigenvalue weighted by atomic mass is 10.2. The van der Waals surface area contributed by atoms with E-state index in [4.69, 9.17) is 25.8 Å². The summed E-state index contributed by atoms with van der Waals surface area (Å²) in [5.41, 5.74) is 0.707. The molecule has 0 aliphatic heterocycles. The summed E-state index contributed by atoms with van der Waals surface area (Å²) in [4.78, 5) is 36.2. The lowest BCUT2D eigenvalue weighted by Crippen LogP contribution is -2.35. The number of carbonyl (C=O) groups excluding carboxylic acids is 3. The van der Waals surface area contributed by atoms with Crippen molar-refractivity contribution in [2.24, 2.45) is 0 Å². The van der Waals surface area contributed by atoms with Gasteiger partial charge in [-0.3, -0.25) is 14.4 Å². The molecule has 8 nitrogen and oxygen atoms in total. The van der Waals surface area contributed by atoms with Crippen LogP contribution in [-0.2, 0) is 14.3 Å². The molecule has 0 saturated heterocycles. The molecule has 2 amide bonds. The quantitative estimate of drug-likeness (QED) is 0.636. The van der Waals surface area contributed by atoms with E-state index >= 15 is 0 Å². The fraction of sp³-hybridized carbons (Fsp3) is 0.250. The number of rotatable bonds is 8. The minimum absolute atomic E-state index is 0.348. The average molecular weight is 421 g/mol. The van der Waals surface area contributed by atoms with Crippen molar-refractivity contribution in [3.63, 3.8) is 0 Å². The highest BCUT2D eigenvalue weighted by atomic mass is 35.5. The van der Waals surface area contributed by atoms with Crippen molar-refractivity contribution < 1.29 is 28.6 Å². The molecule has 0 aliphatic carbocycles. The lowest BCUT2D eigenvalue weighted by molar-refractivity contribution is -0.152. The predicted molar refractivity (Wildman–Crippen MR) is 108 cm³/mol. The Hall–Kier alpha value is -3.26. The van der Waals surface area contributed by atoms with E-state index < -0.39 is 23.9 Å². The molecule has 0 aromatic heterocycles. The van der Waals surface area contributed by atoms with E-state index in [1.807, 2.05) is 0 Å². The maximum absolute atomic E-state index is 12.3. The summed E-state index contributed by atoms with van der Waals surface area (Å²) in [5, 5.41) is 5.43. The van der Waals surface area contributed by atoms with Crippen LogP contribution in [0.5, 0.6) is 11.5 Å². The summed E-state index contributed by atoms with van der Waals surface area (Å²) < 4.78 is 15.2. The van der Waals surface area contributed by atoms with Crippen LogP contribution in [0.1, 0.15) is 17.3 Å². The van der Waals surface area contributed by atoms with E-state index in [1.54, 1.807) is 36.4 Å². The summed E-state index contributed by atoms with van der Waals surface area (Å²) in [6.45, 7) is 1.03. The van der Waals surface area contributed by atoms with Gasteiger partial charge in [0.2, 0.25) is 0 Å². The maximum Gasteiger partial charge on any atom is 0.326 e. The summed E-state index contributed by atoms with van der Waals surface area (Å²) in [7, 11) is 2.97. The fourth-order valence-corrected chi connectivity index (χ4v) is 2.47. The number of amides is 2. The number of hydrogen-bond acceptors (Lipinski definition) is 6. The van der Waals surface area contributed by atoms with E-state index in [0.717, 1.165) is 0 Å². The molecule has 154 valence electrons. The normalized spacial score (nSPS) is 11.2. The molecule has 2 aromatic carbocycles. The highest BCUT2D eigenvalue weighted by Gasteiger charge is 2.20. The van der Waals surface area contributed by atoms with Crippen molar-refractivity contribution in [3.05, 3.63) is 53.1 Å². The van der Waals surface area contributed by atoms with E-state index in [-0.39, 0.29) is 6.54 Å². The van der Waals surface area contributed by atoms with Gasteiger partial charge in [0.25, 0.3) is 11.8 Å². The lowest BCUT2D eigenvalue weighted by Gasteiger charge is -2.15. The number of esters is 1. The second-order valence-electron chi connectivity index (χ2n) is 5.88. The minimum atomic E-state index is -1.09. The zero-order chi connectivity index (χ0) is 21.4. The SMILES string of the molecule is COc1ccc(C(=O)NCC(=O)O[C@H](C)C(=O)Nc2cc(Cl)ccc2OC)cc1. The van der Waals surface area contributed by atoms with Crippen molar-refractivity contribution in [1.82, 2.24) is 5.32 Å². The Labute approximate surface area is 173 Å². The minimum Gasteiger partial charge on any atom is -0.497 e. The Kier molecular flexibility index (Phi) is 7.85. The average Bonchev–Trinajstić information content (AvgIpc) is 2.72. The van der Waals surface area contributed by atoms with Gasteiger partial charge >= 0.3 is 5.97 Å². The highest BCUT2D eigenvalue weighted by Crippen LogP contribution is 2.27. The van der Waals surface area contributed by atoms with Gasteiger partial charge in [-0.1, -0.05) is 11.6 Å². The number of halogens is 1. The monoisotopic (exact) mass is 420 g/mol. The van der Waals surface area contributed by atoms with E-state index in [1.165, 1.54) is 27.2 Å². The Balaban J connectivity index is 1.85. The number of anilines is 1. The van der Waals surface area contributed by atoms with E-state index in [9.17, 15) is 14.4 Å². The summed E-state index contributed by atoms with van der Waals surface area (Å²) in [6.07, 6.45) is -1.09. The second kappa shape index (κ2) is 10.3. The van der Waals surface area contributed by atoms with Crippen molar-refractivity contribution in [2.45, 2.75) is 13.0 Å². The van der Waals surface area contributed by atoms with Crippen LogP contribution >= 0.6 is 11.6 Å². The molecule has 2 N–H and O–H groups in total. The van der Waals surface area contributed by atoms with E-state index in [2.05, 4.69) is 10.6 Å². The first-order chi connectivity index (χ1) is 13.8. The van der Waals surface area contributed by atoms with Gasteiger partial charge in [-0.15, -0.1) is 0 Å². The molecular formula is C20H21ClN2O6. The molecule has 0 bridgehead atoms. The van der Waals surface area contributed by atoms with Gasteiger partial charge in [0, 0.05) is 10.6 Å². The Morgan fingerprint density at radius 3 is 2.34 bits per heavy atom. The van der Waals surface area contributed by atoms with Crippen LogP contribution in [0.4, 0.5) is 5.69 Å². The third kappa shape index (κ3) is 6.39. The van der Waals surface area contributed by atoms with Crippen LogP contribution in [0, 0.1) is 0 Å². The largest absolute Gasteiger partial charge is 0.497 e. The molecule has 9 heteroatoms. The summed E-state index contributed by atoms with van der Waals surface area (Å²) in [6, 6.07) is 11.1. The van der Waals surface area contributed by atoms with Crippen molar-refractivity contribution >= 4 is 35.1 Å². The van der Waals surface area contributed by atoms with Crippen LogP contribution in [0.25, 0.3) is 0 Å². The molecule has 0 radical (unpaired) electrons. The molecule has 1 atom stereocenters. The Morgan fingerprint density at radius 2 is 1.72 bits per heavy atom. The van der Waals surface area contributed by atoms with Gasteiger partial charge in [0.1, 0.15) is 18.0 Å². The number of hydrogen-bond donors (Lipinski definition) is 2. The zero-order valence-corrected chi connectivity index (χ0v) is 16.9. The number of ether oxygens (including phenoxy) is 3. The number of carbonyl (C=O) groups is 3. The maximum atomic E-state index is 12.3. The van der Waals surface area contributed by atoms with Gasteiger partial charge in [0.15, 0.2) is 6.10 Å². The van der Waals surface area contributed by atoms with Crippen molar-refractivity contribution in [2.75, 3.05) is 26.1 Å². The summed E-state index contributed by atoms with van der Waals surface area (Å²) in [5.74, 6) is -0.761. The van der Waals surface area contributed by atoms with Crippen LogP contribution in [0.15, 0.2) is 42.5 Å². The molecular weight excluding hydrogens is 400 g/mol. The zero-order valence-electron chi connectivity index (χ0n) is 16.2. The van der Waals surface area contributed by atoms with Crippen molar-refractivity contribution in [3.8, 4) is 11.5 Å². The van der Waals surface area contributed by atoms with Gasteiger partial charge in [0.05, 0.1) is 19.9 Å². The Morgan fingerprint density at radius 1 is 1.03 bits per heavy atom. The molecule has 0 unspecified atom stereocenters. The molecule has 29 heavy (non-hydrogen) atoms.